The predicted octanol–water partition coefficient (Wildman–Crippen LogP) is -0.475. The number of aromatic nitrogens is 2. The largest absolute Gasteiger partial charge is 0.336 e. The van der Waals surface area contributed by atoms with Gasteiger partial charge in [0.2, 0.25) is 0 Å². The fraction of sp³-hybridized carbons (Fsp3) is 0.667. The number of carbonyl (C=O) groups is 1. The molecule has 2 N–H and O–H groups in total. The van der Waals surface area contributed by atoms with Crippen LogP contribution in [0.15, 0.2) is 12.4 Å². The Morgan fingerprint density at radius 1 is 1.44 bits per heavy atom. The second-order valence-corrected chi connectivity index (χ2v) is 4.82. The molecular weight excluding hydrogens is 230 g/mol. The van der Waals surface area contributed by atoms with Gasteiger partial charge in [0.05, 0.1) is 11.8 Å². The highest BCUT2D eigenvalue weighted by Crippen LogP contribution is 2.09. The van der Waals surface area contributed by atoms with E-state index in [4.69, 9.17) is 5.73 Å². The number of piperazine rings is 1. The standard InChI is InChI=1S/C12H21N5O/c1-10(7-13)16-3-5-17(6-4-16)12(18)11-8-14-15(2)9-11/h8-10H,3-7,13H2,1-2H3. The maximum absolute atomic E-state index is 12.2. The summed E-state index contributed by atoms with van der Waals surface area (Å²) >= 11 is 0. The molecule has 0 saturated carbocycles. The Kier molecular flexibility index (Phi) is 3.98. The minimum absolute atomic E-state index is 0.0724. The van der Waals surface area contributed by atoms with Crippen molar-refractivity contribution >= 4 is 5.91 Å². The van der Waals surface area contributed by atoms with E-state index < -0.39 is 0 Å². The van der Waals surface area contributed by atoms with E-state index in [2.05, 4.69) is 16.9 Å². The lowest BCUT2D eigenvalue weighted by atomic mass is 10.2. The lowest BCUT2D eigenvalue weighted by Crippen LogP contribution is -2.52. The molecule has 0 radical (unpaired) electrons. The summed E-state index contributed by atoms with van der Waals surface area (Å²) in [6, 6.07) is 0.389. The van der Waals surface area contributed by atoms with Crippen LogP contribution in [0.5, 0.6) is 0 Å². The number of nitrogens with zero attached hydrogens (tertiary/aromatic N) is 4. The number of hydrogen-bond donors (Lipinski definition) is 1. The van der Waals surface area contributed by atoms with Crippen molar-refractivity contribution in [3.05, 3.63) is 18.0 Å². The molecule has 1 amide bonds. The molecular formula is C12H21N5O. The van der Waals surface area contributed by atoms with E-state index >= 15 is 0 Å². The molecule has 2 rings (SSSR count). The number of carbonyl (C=O) groups excluding carboxylic acids is 1. The van der Waals surface area contributed by atoms with Crippen LogP contribution < -0.4 is 5.73 Å². The summed E-state index contributed by atoms with van der Waals surface area (Å²) in [4.78, 5) is 16.4. The summed E-state index contributed by atoms with van der Waals surface area (Å²) in [5.41, 5.74) is 6.32. The molecule has 1 aromatic rings. The Hall–Kier alpha value is -1.40. The first-order chi connectivity index (χ1) is 8.61. The third kappa shape index (κ3) is 2.70. The van der Waals surface area contributed by atoms with E-state index in [1.165, 1.54) is 0 Å². The van der Waals surface area contributed by atoms with Crippen molar-refractivity contribution in [2.24, 2.45) is 12.8 Å². The maximum atomic E-state index is 12.2. The van der Waals surface area contributed by atoms with Gasteiger partial charge in [0, 0.05) is 52.0 Å². The Bertz CT molecular complexity index is 408. The quantitative estimate of drug-likeness (QED) is 0.788. The predicted molar refractivity (Wildman–Crippen MR) is 69.2 cm³/mol. The van der Waals surface area contributed by atoms with E-state index in [9.17, 15) is 4.79 Å². The van der Waals surface area contributed by atoms with Crippen molar-refractivity contribution in [3.63, 3.8) is 0 Å². The van der Waals surface area contributed by atoms with Crippen LogP contribution >= 0.6 is 0 Å². The van der Waals surface area contributed by atoms with Gasteiger partial charge in [-0.05, 0) is 6.92 Å². The number of amides is 1. The van der Waals surface area contributed by atoms with E-state index in [1.54, 1.807) is 17.1 Å². The van der Waals surface area contributed by atoms with Crippen LogP contribution in [0.2, 0.25) is 0 Å². The van der Waals surface area contributed by atoms with Crippen molar-refractivity contribution in [2.45, 2.75) is 13.0 Å². The van der Waals surface area contributed by atoms with Gasteiger partial charge in [0.1, 0.15) is 0 Å². The zero-order valence-corrected chi connectivity index (χ0v) is 11.0. The first-order valence-corrected chi connectivity index (χ1v) is 6.34. The van der Waals surface area contributed by atoms with Crippen molar-refractivity contribution in [3.8, 4) is 0 Å². The van der Waals surface area contributed by atoms with Gasteiger partial charge in [0.15, 0.2) is 0 Å². The molecule has 1 unspecified atom stereocenters. The Morgan fingerprint density at radius 2 is 2.11 bits per heavy atom. The summed E-state index contributed by atoms with van der Waals surface area (Å²) in [6.07, 6.45) is 3.38. The summed E-state index contributed by atoms with van der Waals surface area (Å²) in [7, 11) is 1.82. The van der Waals surface area contributed by atoms with Gasteiger partial charge in [0.25, 0.3) is 5.91 Å². The van der Waals surface area contributed by atoms with Gasteiger partial charge in [-0.15, -0.1) is 0 Å². The van der Waals surface area contributed by atoms with Gasteiger partial charge in [-0.2, -0.15) is 5.10 Å². The van der Waals surface area contributed by atoms with Gasteiger partial charge in [-0.3, -0.25) is 14.4 Å². The molecule has 1 aliphatic rings. The molecule has 1 aliphatic heterocycles. The molecule has 100 valence electrons. The van der Waals surface area contributed by atoms with Gasteiger partial charge >= 0.3 is 0 Å². The van der Waals surface area contributed by atoms with Crippen LogP contribution in [-0.2, 0) is 7.05 Å². The average molecular weight is 251 g/mol. The minimum Gasteiger partial charge on any atom is -0.336 e. The van der Waals surface area contributed by atoms with E-state index in [0.717, 1.165) is 26.2 Å². The zero-order chi connectivity index (χ0) is 13.1. The molecule has 0 aliphatic carbocycles. The molecule has 0 spiro atoms. The van der Waals surface area contributed by atoms with Crippen LogP contribution in [0.1, 0.15) is 17.3 Å². The highest BCUT2D eigenvalue weighted by Gasteiger charge is 2.24. The van der Waals surface area contributed by atoms with Gasteiger partial charge in [-0.1, -0.05) is 0 Å². The fourth-order valence-electron chi connectivity index (χ4n) is 2.23. The molecule has 0 aromatic carbocycles. The Labute approximate surface area is 107 Å². The first-order valence-electron chi connectivity index (χ1n) is 6.34. The number of rotatable bonds is 3. The molecule has 1 fully saturated rings. The summed E-state index contributed by atoms with van der Waals surface area (Å²) in [5.74, 6) is 0.0724. The highest BCUT2D eigenvalue weighted by molar-refractivity contribution is 5.93. The third-order valence-electron chi connectivity index (χ3n) is 3.52. The van der Waals surface area contributed by atoms with Crippen LogP contribution in [0.3, 0.4) is 0 Å². The molecule has 6 heteroatoms. The molecule has 6 nitrogen and oxygen atoms in total. The molecule has 2 heterocycles. The molecule has 0 bridgehead atoms. The number of hydrogen-bond acceptors (Lipinski definition) is 4. The van der Waals surface area contributed by atoms with Gasteiger partial charge < -0.3 is 10.6 Å². The molecule has 1 aromatic heterocycles. The second-order valence-electron chi connectivity index (χ2n) is 4.82. The van der Waals surface area contributed by atoms with E-state index in [0.29, 0.717) is 18.2 Å². The third-order valence-corrected chi connectivity index (χ3v) is 3.52. The highest BCUT2D eigenvalue weighted by atomic mass is 16.2. The van der Waals surface area contributed by atoms with E-state index in [-0.39, 0.29) is 5.91 Å². The fourth-order valence-corrected chi connectivity index (χ4v) is 2.23. The Balaban J connectivity index is 1.92. The molecule has 1 atom stereocenters. The lowest BCUT2D eigenvalue weighted by molar-refractivity contribution is 0.0589. The Morgan fingerprint density at radius 3 is 2.61 bits per heavy atom. The van der Waals surface area contributed by atoms with Crippen molar-refractivity contribution in [2.75, 3.05) is 32.7 Å². The summed E-state index contributed by atoms with van der Waals surface area (Å²) in [6.45, 7) is 6.10. The monoisotopic (exact) mass is 251 g/mol. The van der Waals surface area contributed by atoms with Crippen LogP contribution in [0.25, 0.3) is 0 Å². The minimum atomic E-state index is 0.0724. The summed E-state index contributed by atoms with van der Waals surface area (Å²) < 4.78 is 1.65. The molecule has 1 saturated heterocycles. The SMILES string of the molecule is CC(CN)N1CCN(C(=O)c2cnn(C)c2)CC1. The molecule has 18 heavy (non-hydrogen) atoms. The van der Waals surface area contributed by atoms with E-state index in [1.807, 2.05) is 11.9 Å². The van der Waals surface area contributed by atoms with Crippen molar-refractivity contribution < 1.29 is 4.79 Å². The van der Waals surface area contributed by atoms with Crippen LogP contribution in [0.4, 0.5) is 0 Å². The van der Waals surface area contributed by atoms with Crippen LogP contribution in [-0.4, -0.2) is 64.3 Å². The normalized spacial score (nSPS) is 18.9. The van der Waals surface area contributed by atoms with Crippen molar-refractivity contribution in [1.82, 2.24) is 19.6 Å². The van der Waals surface area contributed by atoms with Gasteiger partial charge in [-0.25, -0.2) is 0 Å². The lowest BCUT2D eigenvalue weighted by Gasteiger charge is -2.37. The smallest absolute Gasteiger partial charge is 0.257 e. The average Bonchev–Trinajstić information content (AvgIpc) is 2.84. The zero-order valence-electron chi connectivity index (χ0n) is 11.0. The topological polar surface area (TPSA) is 67.4 Å². The summed E-state index contributed by atoms with van der Waals surface area (Å²) in [5, 5.41) is 4.03. The second kappa shape index (κ2) is 5.49. The first kappa shape index (κ1) is 13.0. The van der Waals surface area contributed by atoms with Crippen molar-refractivity contribution in [1.29, 1.82) is 0 Å². The van der Waals surface area contributed by atoms with Crippen LogP contribution in [0, 0.1) is 0 Å². The number of aryl methyl sites for hydroxylation is 1. The maximum Gasteiger partial charge on any atom is 0.257 e. The number of nitrogens with two attached hydrogens (primary N) is 1.